The average molecular weight is 442 g/mol. The number of carbonyl (C=O) groups is 2. The Morgan fingerprint density at radius 1 is 1.16 bits per heavy atom. The van der Waals surface area contributed by atoms with Crippen LogP contribution < -0.4 is 15.0 Å². The van der Waals surface area contributed by atoms with Crippen molar-refractivity contribution in [2.45, 2.75) is 32.5 Å². The molecule has 1 aliphatic heterocycles. The number of nitrogens with zero attached hydrogens (tertiary/aromatic N) is 1. The first kappa shape index (κ1) is 24.0. The highest BCUT2D eigenvalue weighted by Gasteiger charge is 2.39. The summed E-state index contributed by atoms with van der Waals surface area (Å²) in [5.41, 5.74) is -1.16. The van der Waals surface area contributed by atoms with Crippen LogP contribution >= 0.6 is 0 Å². The van der Waals surface area contributed by atoms with E-state index in [1.54, 1.807) is 0 Å². The largest absolute Gasteiger partial charge is 0.495 e. The third-order valence-corrected chi connectivity index (χ3v) is 4.52. The van der Waals surface area contributed by atoms with E-state index in [0.717, 1.165) is 36.3 Å². The van der Waals surface area contributed by atoms with Crippen molar-refractivity contribution in [3.63, 3.8) is 0 Å². The summed E-state index contributed by atoms with van der Waals surface area (Å²) in [5, 5.41) is 2.33. The van der Waals surface area contributed by atoms with Crippen molar-refractivity contribution in [3.8, 4) is 5.75 Å². The van der Waals surface area contributed by atoms with Crippen molar-refractivity contribution in [1.29, 1.82) is 0 Å². The summed E-state index contributed by atoms with van der Waals surface area (Å²) in [4.78, 5) is 25.7. The fraction of sp³-hybridized carbons (Fsp3) is 0.333. The van der Waals surface area contributed by atoms with E-state index in [1.165, 1.54) is 19.2 Å². The standard InChI is InChI=1S/C19H16F4N2O4.C2H6/c1-28-15-7-6-10(19(21,22)23)8-14(15)25-13(9-16(26)29-2)11-4-3-5-12(20)17(11)24-18(25)27;1-2/h3-8,13H,9H2,1-2H3,(H,24,27);1-2H3. The second-order valence-corrected chi connectivity index (χ2v) is 6.18. The van der Waals surface area contributed by atoms with Crippen LogP contribution in [-0.2, 0) is 15.7 Å². The minimum atomic E-state index is -4.67. The Bertz CT molecular complexity index is 963. The van der Waals surface area contributed by atoms with Gasteiger partial charge in [0.15, 0.2) is 0 Å². The number of para-hydroxylation sites is 1. The molecule has 1 heterocycles. The normalized spacial score (nSPS) is 15.3. The lowest BCUT2D eigenvalue weighted by Gasteiger charge is -2.37. The maximum atomic E-state index is 14.2. The molecule has 0 spiro atoms. The Balaban J connectivity index is 0.00000166. The van der Waals surface area contributed by atoms with E-state index < -0.39 is 42.0 Å². The highest BCUT2D eigenvalue weighted by atomic mass is 19.4. The van der Waals surface area contributed by atoms with E-state index in [4.69, 9.17) is 4.74 Å². The predicted molar refractivity (Wildman–Crippen MR) is 107 cm³/mol. The van der Waals surface area contributed by atoms with E-state index in [2.05, 4.69) is 10.1 Å². The molecule has 3 rings (SSSR count). The molecule has 6 nitrogen and oxygen atoms in total. The van der Waals surface area contributed by atoms with Crippen LogP contribution in [0, 0.1) is 5.82 Å². The number of halogens is 4. The summed E-state index contributed by atoms with van der Waals surface area (Å²) >= 11 is 0. The first-order chi connectivity index (χ1) is 14.7. The molecule has 0 saturated carbocycles. The van der Waals surface area contributed by atoms with Gasteiger partial charge >= 0.3 is 18.2 Å². The van der Waals surface area contributed by atoms with Gasteiger partial charge in [0.05, 0.1) is 43.6 Å². The van der Waals surface area contributed by atoms with Gasteiger partial charge in [0.2, 0.25) is 0 Å². The summed E-state index contributed by atoms with van der Waals surface area (Å²) < 4.78 is 63.7. The van der Waals surface area contributed by atoms with Gasteiger partial charge in [0.25, 0.3) is 0 Å². The number of fused-ring (bicyclic) bond motifs is 1. The Hall–Kier alpha value is -3.30. The van der Waals surface area contributed by atoms with E-state index in [-0.39, 0.29) is 22.7 Å². The Morgan fingerprint density at radius 2 is 1.84 bits per heavy atom. The molecule has 2 amide bonds. The van der Waals surface area contributed by atoms with Crippen LogP contribution in [0.1, 0.15) is 37.4 Å². The monoisotopic (exact) mass is 442 g/mol. The molecule has 0 radical (unpaired) electrons. The van der Waals surface area contributed by atoms with Crippen molar-refractivity contribution in [2.75, 3.05) is 24.4 Å². The number of alkyl halides is 3. The number of hydrogen-bond acceptors (Lipinski definition) is 4. The molecule has 0 saturated heterocycles. The van der Waals surface area contributed by atoms with Crippen LogP contribution in [0.2, 0.25) is 0 Å². The summed E-state index contributed by atoms with van der Waals surface area (Å²) in [6.45, 7) is 4.00. The molecule has 2 aromatic carbocycles. The zero-order valence-electron chi connectivity index (χ0n) is 17.3. The molecule has 0 aromatic heterocycles. The van der Waals surface area contributed by atoms with Gasteiger partial charge < -0.3 is 14.8 Å². The van der Waals surface area contributed by atoms with Gasteiger partial charge in [-0.15, -0.1) is 0 Å². The quantitative estimate of drug-likeness (QED) is 0.499. The molecule has 10 heteroatoms. The van der Waals surface area contributed by atoms with Crippen molar-refractivity contribution in [1.82, 2.24) is 0 Å². The second-order valence-electron chi connectivity index (χ2n) is 6.18. The number of carbonyl (C=O) groups excluding carboxylic acids is 2. The predicted octanol–water partition coefficient (Wildman–Crippen LogP) is 5.54. The first-order valence-electron chi connectivity index (χ1n) is 9.38. The summed E-state index contributed by atoms with van der Waals surface area (Å²) in [6.07, 6.45) is -5.07. The van der Waals surface area contributed by atoms with Gasteiger partial charge in [-0.05, 0) is 24.3 Å². The SMILES string of the molecule is CC.COC(=O)CC1c2cccc(F)c2NC(=O)N1c1cc(C(F)(F)F)ccc1OC. The molecule has 1 unspecified atom stereocenters. The lowest BCUT2D eigenvalue weighted by Crippen LogP contribution is -2.44. The van der Waals surface area contributed by atoms with Gasteiger partial charge in [-0.25, -0.2) is 9.18 Å². The van der Waals surface area contributed by atoms with Gasteiger partial charge in [0.1, 0.15) is 11.6 Å². The topological polar surface area (TPSA) is 67.9 Å². The molecular formula is C21H22F4N2O4. The summed E-state index contributed by atoms with van der Waals surface area (Å²) in [5.74, 6) is -1.49. The van der Waals surface area contributed by atoms with E-state index in [0.29, 0.717) is 0 Å². The number of methoxy groups -OCH3 is 2. The molecule has 31 heavy (non-hydrogen) atoms. The van der Waals surface area contributed by atoms with Crippen LogP contribution in [0.4, 0.5) is 33.7 Å². The number of nitrogens with one attached hydrogen (secondary N) is 1. The van der Waals surface area contributed by atoms with Crippen LogP contribution in [0.5, 0.6) is 5.75 Å². The Kier molecular flexibility index (Phi) is 7.48. The molecule has 1 aliphatic rings. The van der Waals surface area contributed by atoms with E-state index in [1.807, 2.05) is 13.8 Å². The number of amides is 2. The molecule has 2 aromatic rings. The third kappa shape index (κ3) is 4.89. The molecule has 1 N–H and O–H groups in total. The molecule has 0 bridgehead atoms. The second kappa shape index (κ2) is 9.67. The lowest BCUT2D eigenvalue weighted by atomic mass is 9.96. The van der Waals surface area contributed by atoms with Crippen molar-refractivity contribution >= 4 is 23.4 Å². The van der Waals surface area contributed by atoms with Crippen molar-refractivity contribution < 1.29 is 36.6 Å². The zero-order chi connectivity index (χ0) is 23.3. The Morgan fingerprint density at radius 3 is 2.42 bits per heavy atom. The molecule has 0 aliphatic carbocycles. The molecule has 168 valence electrons. The van der Waals surface area contributed by atoms with Gasteiger partial charge in [-0.2, -0.15) is 13.2 Å². The summed E-state index contributed by atoms with van der Waals surface area (Å²) in [7, 11) is 2.36. The average Bonchev–Trinajstić information content (AvgIpc) is 2.75. The van der Waals surface area contributed by atoms with Crippen LogP contribution in [0.3, 0.4) is 0 Å². The Labute approximate surface area is 176 Å². The maximum absolute atomic E-state index is 14.2. The molecule has 1 atom stereocenters. The maximum Gasteiger partial charge on any atom is 0.416 e. The highest BCUT2D eigenvalue weighted by Crippen LogP contribution is 2.44. The van der Waals surface area contributed by atoms with Crippen molar-refractivity contribution in [3.05, 3.63) is 53.3 Å². The number of ether oxygens (including phenoxy) is 2. The number of benzene rings is 2. The minimum Gasteiger partial charge on any atom is -0.495 e. The number of anilines is 2. The fourth-order valence-electron chi connectivity index (χ4n) is 3.17. The van der Waals surface area contributed by atoms with E-state index >= 15 is 0 Å². The minimum absolute atomic E-state index is 0.0251. The first-order valence-corrected chi connectivity index (χ1v) is 9.38. The number of urea groups is 1. The summed E-state index contributed by atoms with van der Waals surface area (Å²) in [6, 6.07) is 4.57. The molecular weight excluding hydrogens is 420 g/mol. The van der Waals surface area contributed by atoms with Gasteiger partial charge in [-0.3, -0.25) is 9.69 Å². The number of rotatable bonds is 4. The number of hydrogen-bond donors (Lipinski definition) is 1. The number of esters is 1. The molecule has 0 fully saturated rings. The highest BCUT2D eigenvalue weighted by molar-refractivity contribution is 6.06. The zero-order valence-corrected chi connectivity index (χ0v) is 17.3. The van der Waals surface area contributed by atoms with Crippen molar-refractivity contribution in [2.24, 2.45) is 0 Å². The van der Waals surface area contributed by atoms with E-state index in [9.17, 15) is 27.2 Å². The van der Waals surface area contributed by atoms with Crippen LogP contribution in [0.25, 0.3) is 0 Å². The van der Waals surface area contributed by atoms with Gasteiger partial charge in [0, 0.05) is 5.56 Å². The lowest BCUT2D eigenvalue weighted by molar-refractivity contribution is -0.141. The van der Waals surface area contributed by atoms with Gasteiger partial charge in [-0.1, -0.05) is 26.0 Å². The smallest absolute Gasteiger partial charge is 0.416 e. The third-order valence-electron chi connectivity index (χ3n) is 4.52. The van der Waals surface area contributed by atoms with Crippen LogP contribution in [-0.4, -0.2) is 26.2 Å². The fourth-order valence-corrected chi connectivity index (χ4v) is 3.17. The van der Waals surface area contributed by atoms with Crippen LogP contribution in [0.15, 0.2) is 36.4 Å².